The van der Waals surface area contributed by atoms with Gasteiger partial charge in [0.15, 0.2) is 0 Å². The summed E-state index contributed by atoms with van der Waals surface area (Å²) in [6, 6.07) is 14.7. The standard InChI is InChI=1S/C22H25NO5S/c1-3-27-22(24)21-16(2)19-15-18(12-13-20(19)28-21)29(25,26)23-14-8-7-11-17-9-5-4-6-10-17/h4-6,9-10,12-13,15,23H,3,7-8,11,14H2,1-2H3. The number of benzene rings is 2. The zero-order chi connectivity index (χ0) is 20.9. The second-order valence-electron chi connectivity index (χ2n) is 6.78. The first-order chi connectivity index (χ1) is 13.9. The number of carbonyl (C=O) groups excluding carboxylic acids is 1. The molecule has 29 heavy (non-hydrogen) atoms. The fraction of sp³-hybridized carbons (Fsp3) is 0.318. The smallest absolute Gasteiger partial charge is 0.374 e. The molecule has 0 saturated heterocycles. The highest BCUT2D eigenvalue weighted by atomic mass is 32.2. The van der Waals surface area contributed by atoms with Crippen molar-refractivity contribution in [3.63, 3.8) is 0 Å². The third-order valence-electron chi connectivity index (χ3n) is 4.71. The van der Waals surface area contributed by atoms with E-state index >= 15 is 0 Å². The van der Waals surface area contributed by atoms with Gasteiger partial charge < -0.3 is 9.15 Å². The van der Waals surface area contributed by atoms with Gasteiger partial charge in [-0.3, -0.25) is 0 Å². The van der Waals surface area contributed by atoms with Gasteiger partial charge in [-0.25, -0.2) is 17.9 Å². The van der Waals surface area contributed by atoms with Gasteiger partial charge in [0.2, 0.25) is 15.8 Å². The molecule has 1 N–H and O–H groups in total. The normalized spacial score (nSPS) is 11.7. The Morgan fingerprint density at radius 1 is 1.10 bits per heavy atom. The average Bonchev–Trinajstić information content (AvgIpc) is 3.05. The van der Waals surface area contributed by atoms with Crippen molar-refractivity contribution in [2.75, 3.05) is 13.2 Å². The number of aryl methyl sites for hydroxylation is 2. The van der Waals surface area contributed by atoms with E-state index in [0.29, 0.717) is 23.1 Å². The largest absolute Gasteiger partial charge is 0.460 e. The number of nitrogens with one attached hydrogen (secondary N) is 1. The first kappa shape index (κ1) is 21.1. The predicted octanol–water partition coefficient (Wildman–Crippen LogP) is 4.22. The van der Waals surface area contributed by atoms with Crippen LogP contribution in [0.4, 0.5) is 0 Å². The first-order valence-corrected chi connectivity index (χ1v) is 11.1. The minimum absolute atomic E-state index is 0.102. The molecule has 0 atom stereocenters. The highest BCUT2D eigenvalue weighted by Gasteiger charge is 2.21. The van der Waals surface area contributed by atoms with E-state index in [1.165, 1.54) is 17.7 Å². The summed E-state index contributed by atoms with van der Waals surface area (Å²) in [6.45, 7) is 4.03. The van der Waals surface area contributed by atoms with Gasteiger partial charge in [0, 0.05) is 17.5 Å². The molecule has 2 aromatic carbocycles. The molecule has 1 heterocycles. The van der Waals surface area contributed by atoms with Crippen LogP contribution in [0.5, 0.6) is 0 Å². The Morgan fingerprint density at radius 2 is 1.86 bits per heavy atom. The maximum atomic E-state index is 12.6. The molecule has 0 amide bonds. The van der Waals surface area contributed by atoms with Gasteiger partial charge in [-0.05, 0) is 56.9 Å². The average molecular weight is 416 g/mol. The molecule has 0 aliphatic rings. The topological polar surface area (TPSA) is 85.6 Å². The van der Waals surface area contributed by atoms with Crippen molar-refractivity contribution in [1.29, 1.82) is 0 Å². The molecule has 3 rings (SSSR count). The number of hydrogen-bond donors (Lipinski definition) is 1. The molecule has 0 aliphatic carbocycles. The summed E-state index contributed by atoms with van der Waals surface area (Å²) in [4.78, 5) is 12.1. The summed E-state index contributed by atoms with van der Waals surface area (Å²) < 4.78 is 38.4. The van der Waals surface area contributed by atoms with Crippen LogP contribution in [-0.2, 0) is 21.2 Å². The number of ether oxygens (including phenoxy) is 1. The first-order valence-electron chi connectivity index (χ1n) is 9.66. The number of sulfonamides is 1. The Bertz CT molecular complexity index is 1090. The van der Waals surface area contributed by atoms with Gasteiger partial charge in [0.1, 0.15) is 5.58 Å². The van der Waals surface area contributed by atoms with Crippen LogP contribution in [0.25, 0.3) is 11.0 Å². The third-order valence-corrected chi connectivity index (χ3v) is 6.16. The minimum atomic E-state index is -3.64. The lowest BCUT2D eigenvalue weighted by Crippen LogP contribution is -2.24. The number of hydrogen-bond acceptors (Lipinski definition) is 5. The number of rotatable bonds is 9. The lowest BCUT2D eigenvalue weighted by atomic mass is 10.1. The van der Waals surface area contributed by atoms with Crippen molar-refractivity contribution in [1.82, 2.24) is 4.72 Å². The fourth-order valence-corrected chi connectivity index (χ4v) is 4.25. The Balaban J connectivity index is 1.65. The number of fused-ring (bicyclic) bond motifs is 1. The lowest BCUT2D eigenvalue weighted by Gasteiger charge is -2.07. The fourth-order valence-electron chi connectivity index (χ4n) is 3.15. The molecule has 154 valence electrons. The molecule has 6 nitrogen and oxygen atoms in total. The van der Waals surface area contributed by atoms with Crippen LogP contribution in [0.2, 0.25) is 0 Å². The Hall–Kier alpha value is -2.64. The molecular formula is C22H25NO5S. The van der Waals surface area contributed by atoms with Crippen molar-refractivity contribution in [3.8, 4) is 0 Å². The summed E-state index contributed by atoms with van der Waals surface area (Å²) in [5, 5.41) is 0.583. The number of furan rings is 1. The number of esters is 1. The lowest BCUT2D eigenvalue weighted by molar-refractivity contribution is 0.0491. The maximum absolute atomic E-state index is 12.6. The summed E-state index contributed by atoms with van der Waals surface area (Å²) in [7, 11) is -3.64. The van der Waals surface area contributed by atoms with Crippen LogP contribution in [-0.4, -0.2) is 27.5 Å². The van der Waals surface area contributed by atoms with Crippen LogP contribution in [0.15, 0.2) is 57.8 Å². The van der Waals surface area contributed by atoms with Crippen molar-refractivity contribution in [3.05, 3.63) is 65.4 Å². The van der Waals surface area contributed by atoms with Gasteiger partial charge in [-0.15, -0.1) is 0 Å². The molecule has 0 saturated carbocycles. The highest BCUT2D eigenvalue weighted by Crippen LogP contribution is 2.28. The zero-order valence-corrected chi connectivity index (χ0v) is 17.4. The molecule has 7 heteroatoms. The van der Waals surface area contributed by atoms with Gasteiger partial charge >= 0.3 is 5.97 Å². The Labute approximate surface area is 170 Å². The molecule has 0 unspecified atom stereocenters. The van der Waals surface area contributed by atoms with E-state index in [-0.39, 0.29) is 17.3 Å². The van der Waals surface area contributed by atoms with Crippen molar-refractivity contribution in [2.45, 2.75) is 38.0 Å². The monoisotopic (exact) mass is 415 g/mol. The summed E-state index contributed by atoms with van der Waals surface area (Å²) in [6.07, 6.45) is 2.56. The van der Waals surface area contributed by atoms with Crippen LogP contribution in [0.1, 0.15) is 41.4 Å². The van der Waals surface area contributed by atoms with Crippen molar-refractivity contribution in [2.24, 2.45) is 0 Å². The van der Waals surface area contributed by atoms with Gasteiger partial charge in [-0.2, -0.15) is 0 Å². The Morgan fingerprint density at radius 3 is 2.59 bits per heavy atom. The molecule has 0 fully saturated rings. The van der Waals surface area contributed by atoms with E-state index < -0.39 is 16.0 Å². The molecular weight excluding hydrogens is 390 g/mol. The zero-order valence-electron chi connectivity index (χ0n) is 16.6. The minimum Gasteiger partial charge on any atom is -0.460 e. The maximum Gasteiger partial charge on any atom is 0.374 e. The van der Waals surface area contributed by atoms with Crippen LogP contribution in [0, 0.1) is 6.92 Å². The van der Waals surface area contributed by atoms with Crippen LogP contribution >= 0.6 is 0 Å². The second-order valence-corrected chi connectivity index (χ2v) is 8.54. The Kier molecular flexibility index (Phi) is 6.71. The van der Waals surface area contributed by atoms with Crippen LogP contribution in [0.3, 0.4) is 0 Å². The number of carbonyl (C=O) groups is 1. The van der Waals surface area contributed by atoms with Gasteiger partial charge in [-0.1, -0.05) is 30.3 Å². The summed E-state index contributed by atoms with van der Waals surface area (Å²) in [5.74, 6) is -0.451. The number of unbranched alkanes of at least 4 members (excludes halogenated alkanes) is 1. The molecule has 0 spiro atoms. The molecule has 0 aliphatic heterocycles. The van der Waals surface area contributed by atoms with E-state index in [1.807, 2.05) is 18.2 Å². The SMILES string of the molecule is CCOC(=O)c1oc2ccc(S(=O)(=O)NCCCCc3ccccc3)cc2c1C. The molecule has 0 radical (unpaired) electrons. The highest BCUT2D eigenvalue weighted by molar-refractivity contribution is 7.89. The third kappa shape index (κ3) is 5.05. The summed E-state index contributed by atoms with van der Waals surface area (Å²) in [5.41, 5.74) is 2.26. The van der Waals surface area contributed by atoms with E-state index in [9.17, 15) is 13.2 Å². The molecule has 0 bridgehead atoms. The van der Waals surface area contributed by atoms with E-state index in [2.05, 4.69) is 16.9 Å². The van der Waals surface area contributed by atoms with Gasteiger partial charge in [0.25, 0.3) is 0 Å². The van der Waals surface area contributed by atoms with Gasteiger partial charge in [0.05, 0.1) is 11.5 Å². The van der Waals surface area contributed by atoms with Crippen molar-refractivity contribution >= 4 is 27.0 Å². The van der Waals surface area contributed by atoms with Crippen molar-refractivity contribution < 1.29 is 22.4 Å². The van der Waals surface area contributed by atoms with E-state index in [1.54, 1.807) is 19.9 Å². The molecule has 3 aromatic rings. The quantitative estimate of drug-likeness (QED) is 0.418. The predicted molar refractivity (Wildman–Crippen MR) is 111 cm³/mol. The summed E-state index contributed by atoms with van der Waals surface area (Å²) >= 11 is 0. The van der Waals surface area contributed by atoms with Crippen LogP contribution < -0.4 is 4.72 Å². The van der Waals surface area contributed by atoms with E-state index in [4.69, 9.17) is 9.15 Å². The van der Waals surface area contributed by atoms with E-state index in [0.717, 1.165) is 19.3 Å². The second kappa shape index (κ2) is 9.24. The molecule has 1 aromatic heterocycles.